The van der Waals surface area contributed by atoms with E-state index in [1.54, 1.807) is 0 Å². The standard InChI is InChI=1S/C16H31N3O3/c1-3-4-5-6-7-8-9-10-11-12-14(20)19(13-15(21)22)16(17)18-2/h3-13H2,1-2H3,(H2,17,18)(H,21,22). The van der Waals surface area contributed by atoms with Crippen molar-refractivity contribution >= 4 is 17.8 Å². The van der Waals surface area contributed by atoms with E-state index in [9.17, 15) is 9.59 Å². The van der Waals surface area contributed by atoms with Gasteiger partial charge in [-0.25, -0.2) is 0 Å². The van der Waals surface area contributed by atoms with Crippen LogP contribution in [0.3, 0.4) is 0 Å². The summed E-state index contributed by atoms with van der Waals surface area (Å²) in [4.78, 5) is 23.7. The Labute approximate surface area is 133 Å². The summed E-state index contributed by atoms with van der Waals surface area (Å²) in [6, 6.07) is 0. The van der Waals surface area contributed by atoms with Crippen LogP contribution in [0.5, 0.6) is 0 Å². The third-order valence-electron chi connectivity index (χ3n) is 3.60. The van der Waals surface area contributed by atoms with Gasteiger partial charge in [-0.15, -0.1) is 0 Å². The van der Waals surface area contributed by atoms with Crippen LogP contribution in [0.2, 0.25) is 0 Å². The third kappa shape index (κ3) is 10.2. The van der Waals surface area contributed by atoms with Gasteiger partial charge >= 0.3 is 5.97 Å². The van der Waals surface area contributed by atoms with Gasteiger partial charge in [0.05, 0.1) is 0 Å². The second kappa shape index (κ2) is 13.1. The fourth-order valence-electron chi connectivity index (χ4n) is 2.28. The number of guanidine groups is 1. The Hall–Kier alpha value is -1.59. The van der Waals surface area contributed by atoms with Crippen LogP contribution in [0.1, 0.15) is 71.1 Å². The van der Waals surface area contributed by atoms with Crippen molar-refractivity contribution in [2.45, 2.75) is 71.1 Å². The largest absolute Gasteiger partial charge is 0.480 e. The molecule has 0 aliphatic rings. The molecule has 0 atom stereocenters. The highest BCUT2D eigenvalue weighted by Gasteiger charge is 2.19. The van der Waals surface area contributed by atoms with E-state index in [2.05, 4.69) is 12.2 Å². The van der Waals surface area contributed by atoms with E-state index in [0.29, 0.717) is 6.42 Å². The van der Waals surface area contributed by atoms with Crippen LogP contribution < -0.4 is 5.32 Å². The lowest BCUT2D eigenvalue weighted by Gasteiger charge is -2.20. The highest BCUT2D eigenvalue weighted by atomic mass is 16.4. The van der Waals surface area contributed by atoms with Gasteiger partial charge in [-0.05, 0) is 6.42 Å². The van der Waals surface area contributed by atoms with Gasteiger partial charge in [0.15, 0.2) is 5.96 Å². The quantitative estimate of drug-likeness (QED) is 0.293. The molecule has 3 N–H and O–H groups in total. The molecule has 0 fully saturated rings. The summed E-state index contributed by atoms with van der Waals surface area (Å²) in [6.07, 6.45) is 10.8. The number of carbonyl (C=O) groups excluding carboxylic acids is 1. The lowest BCUT2D eigenvalue weighted by Crippen LogP contribution is -2.45. The summed E-state index contributed by atoms with van der Waals surface area (Å²) in [7, 11) is 1.50. The molecule has 0 unspecified atom stereocenters. The average Bonchev–Trinajstić information content (AvgIpc) is 2.49. The van der Waals surface area contributed by atoms with Gasteiger partial charge in [-0.1, -0.05) is 58.3 Å². The molecule has 0 heterocycles. The molecule has 22 heavy (non-hydrogen) atoms. The van der Waals surface area contributed by atoms with Gasteiger partial charge < -0.3 is 10.4 Å². The minimum atomic E-state index is -1.11. The number of nitrogens with zero attached hydrogens (tertiary/aromatic N) is 1. The lowest BCUT2D eigenvalue weighted by molar-refractivity contribution is -0.141. The van der Waals surface area contributed by atoms with E-state index in [0.717, 1.165) is 24.2 Å². The molecule has 0 bridgehead atoms. The number of carboxylic acid groups (broad SMARTS) is 1. The molecule has 0 aliphatic heterocycles. The van der Waals surface area contributed by atoms with Crippen molar-refractivity contribution in [3.63, 3.8) is 0 Å². The van der Waals surface area contributed by atoms with E-state index < -0.39 is 12.5 Å². The SMILES string of the molecule is CCCCCCCCCCCC(=O)N(CC(=O)O)C(=N)NC. The van der Waals surface area contributed by atoms with E-state index in [-0.39, 0.29) is 11.9 Å². The van der Waals surface area contributed by atoms with Crippen molar-refractivity contribution in [2.75, 3.05) is 13.6 Å². The van der Waals surface area contributed by atoms with Gasteiger partial charge in [-0.2, -0.15) is 0 Å². The molecule has 6 heteroatoms. The van der Waals surface area contributed by atoms with Crippen LogP contribution in [-0.2, 0) is 9.59 Å². The van der Waals surface area contributed by atoms with Crippen LogP contribution in [-0.4, -0.2) is 41.4 Å². The van der Waals surface area contributed by atoms with Crippen LogP contribution in [0.15, 0.2) is 0 Å². The Morgan fingerprint density at radius 2 is 1.50 bits per heavy atom. The third-order valence-corrected chi connectivity index (χ3v) is 3.60. The fraction of sp³-hybridized carbons (Fsp3) is 0.812. The van der Waals surface area contributed by atoms with Crippen molar-refractivity contribution in [3.05, 3.63) is 0 Å². The summed E-state index contributed by atoms with van der Waals surface area (Å²) in [5.74, 6) is -1.58. The van der Waals surface area contributed by atoms with Crippen molar-refractivity contribution in [2.24, 2.45) is 0 Å². The smallest absolute Gasteiger partial charge is 0.323 e. The molecule has 0 aromatic heterocycles. The van der Waals surface area contributed by atoms with Crippen LogP contribution in [0.25, 0.3) is 0 Å². The number of unbranched alkanes of at least 4 members (excludes halogenated alkanes) is 8. The first kappa shape index (κ1) is 20.4. The molecular weight excluding hydrogens is 282 g/mol. The van der Waals surface area contributed by atoms with Crippen LogP contribution in [0, 0.1) is 5.41 Å². The van der Waals surface area contributed by atoms with Crippen LogP contribution in [0.4, 0.5) is 0 Å². The van der Waals surface area contributed by atoms with Gasteiger partial charge in [0.1, 0.15) is 6.54 Å². The van der Waals surface area contributed by atoms with Crippen molar-refractivity contribution in [1.29, 1.82) is 5.41 Å². The number of rotatable bonds is 12. The van der Waals surface area contributed by atoms with E-state index in [1.807, 2.05) is 0 Å². The van der Waals surface area contributed by atoms with Gasteiger partial charge in [0.2, 0.25) is 5.91 Å². The summed E-state index contributed by atoms with van der Waals surface area (Å²) < 4.78 is 0. The minimum Gasteiger partial charge on any atom is -0.480 e. The minimum absolute atomic E-state index is 0.164. The number of aliphatic carboxylic acids is 1. The second-order valence-corrected chi connectivity index (χ2v) is 5.55. The van der Waals surface area contributed by atoms with Gasteiger partial charge in [0.25, 0.3) is 0 Å². The lowest BCUT2D eigenvalue weighted by atomic mass is 10.1. The molecular formula is C16H31N3O3. The monoisotopic (exact) mass is 313 g/mol. The molecule has 6 nitrogen and oxygen atoms in total. The first-order valence-corrected chi connectivity index (χ1v) is 8.31. The second-order valence-electron chi connectivity index (χ2n) is 5.55. The molecule has 0 aromatic carbocycles. The molecule has 0 rings (SSSR count). The highest BCUT2D eigenvalue weighted by molar-refractivity contribution is 5.98. The van der Waals surface area contributed by atoms with E-state index in [4.69, 9.17) is 10.5 Å². The zero-order chi connectivity index (χ0) is 16.8. The number of hydrogen-bond donors (Lipinski definition) is 3. The molecule has 128 valence electrons. The zero-order valence-corrected chi connectivity index (χ0v) is 14.0. The highest BCUT2D eigenvalue weighted by Crippen LogP contribution is 2.11. The summed E-state index contributed by atoms with van der Waals surface area (Å²) in [5.41, 5.74) is 0. The zero-order valence-electron chi connectivity index (χ0n) is 14.0. The molecule has 0 spiro atoms. The first-order chi connectivity index (χ1) is 10.5. The Balaban J connectivity index is 3.81. The predicted octanol–water partition coefficient (Wildman–Crippen LogP) is 2.97. The average molecular weight is 313 g/mol. The van der Waals surface area contributed by atoms with E-state index in [1.165, 1.54) is 45.6 Å². The summed E-state index contributed by atoms with van der Waals surface area (Å²) in [6.45, 7) is 1.74. The summed E-state index contributed by atoms with van der Waals surface area (Å²) in [5, 5.41) is 18.9. The molecule has 0 saturated heterocycles. The predicted molar refractivity (Wildman–Crippen MR) is 88.0 cm³/mol. The Morgan fingerprint density at radius 1 is 1.00 bits per heavy atom. The number of carboxylic acids is 1. The van der Waals surface area contributed by atoms with Gasteiger partial charge in [-0.3, -0.25) is 19.9 Å². The van der Waals surface area contributed by atoms with E-state index >= 15 is 0 Å². The van der Waals surface area contributed by atoms with Crippen molar-refractivity contribution in [1.82, 2.24) is 10.2 Å². The number of hydrogen-bond acceptors (Lipinski definition) is 3. The van der Waals surface area contributed by atoms with Gasteiger partial charge in [0, 0.05) is 13.5 Å². The maximum absolute atomic E-state index is 12.0. The maximum Gasteiger partial charge on any atom is 0.323 e. The van der Waals surface area contributed by atoms with Crippen molar-refractivity contribution in [3.8, 4) is 0 Å². The molecule has 0 radical (unpaired) electrons. The Kier molecular flexibility index (Phi) is 12.2. The fourth-order valence-corrected chi connectivity index (χ4v) is 2.28. The maximum atomic E-state index is 12.0. The molecule has 0 saturated carbocycles. The molecule has 0 aromatic rings. The topological polar surface area (TPSA) is 93.5 Å². The molecule has 0 aliphatic carbocycles. The molecule has 1 amide bonds. The Bertz CT molecular complexity index is 346. The van der Waals surface area contributed by atoms with Crippen molar-refractivity contribution < 1.29 is 14.7 Å². The van der Waals surface area contributed by atoms with Crippen LogP contribution >= 0.6 is 0 Å². The number of carbonyl (C=O) groups is 2. The summed E-state index contributed by atoms with van der Waals surface area (Å²) >= 11 is 0. The first-order valence-electron chi connectivity index (χ1n) is 8.31. The number of nitrogens with one attached hydrogen (secondary N) is 2. The Morgan fingerprint density at radius 3 is 1.95 bits per heavy atom. The number of amides is 1. The normalized spacial score (nSPS) is 10.3.